The largest absolute Gasteiger partial charge is 0.476 e. The Morgan fingerprint density at radius 3 is 2.69 bits per heavy atom. The second kappa shape index (κ2) is 5.03. The third kappa shape index (κ3) is 2.36. The van der Waals surface area contributed by atoms with Crippen LogP contribution in [0.15, 0.2) is 35.1 Å². The second-order valence-corrected chi connectivity index (χ2v) is 3.97. The molecule has 0 saturated heterocycles. The molecule has 1 aromatic carbocycles. The van der Waals surface area contributed by atoms with Crippen LogP contribution in [0.1, 0.15) is 6.92 Å². The molecule has 0 fully saturated rings. The highest BCUT2D eigenvalue weighted by molar-refractivity contribution is 9.10. The molecule has 0 atom stereocenters. The average Bonchev–Trinajstić information content (AvgIpc) is 2.32. The number of ether oxygens (including phenoxy) is 1. The van der Waals surface area contributed by atoms with E-state index in [1.54, 1.807) is 0 Å². The Hall–Kier alpha value is -1.49. The van der Waals surface area contributed by atoms with Gasteiger partial charge >= 0.3 is 0 Å². The second-order valence-electron chi connectivity index (χ2n) is 3.05. The van der Waals surface area contributed by atoms with Crippen LogP contribution in [-0.4, -0.2) is 21.8 Å². The maximum absolute atomic E-state index is 5.40. The molecule has 0 saturated carbocycles. The summed E-state index contributed by atoms with van der Waals surface area (Å²) in [5, 5.41) is 7.82. The lowest BCUT2D eigenvalue weighted by molar-refractivity contribution is 0.325. The van der Waals surface area contributed by atoms with Crippen LogP contribution in [0.25, 0.3) is 11.3 Å². The highest BCUT2D eigenvalue weighted by Gasteiger charge is 2.09. The quantitative estimate of drug-likeness (QED) is 0.867. The molecule has 0 aliphatic rings. The van der Waals surface area contributed by atoms with Gasteiger partial charge in [0.1, 0.15) is 6.33 Å². The summed E-state index contributed by atoms with van der Waals surface area (Å²) < 4.78 is 6.42. The Morgan fingerprint density at radius 2 is 2.00 bits per heavy atom. The molecular weight excluding hydrogens is 270 g/mol. The summed E-state index contributed by atoms with van der Waals surface area (Å²) in [5.41, 5.74) is 1.60. The van der Waals surface area contributed by atoms with Crippen LogP contribution in [0.4, 0.5) is 0 Å². The van der Waals surface area contributed by atoms with Crippen LogP contribution in [0.3, 0.4) is 0 Å². The van der Waals surface area contributed by atoms with Crippen LogP contribution < -0.4 is 4.74 Å². The van der Waals surface area contributed by atoms with Crippen molar-refractivity contribution in [3.05, 3.63) is 35.1 Å². The summed E-state index contributed by atoms with van der Waals surface area (Å²) in [7, 11) is 0. The first kappa shape index (κ1) is 11.0. The zero-order valence-corrected chi connectivity index (χ0v) is 10.3. The molecule has 0 aliphatic heterocycles. The summed E-state index contributed by atoms with van der Waals surface area (Å²) in [6.07, 6.45) is 1.38. The molecule has 2 rings (SSSR count). The molecule has 0 unspecified atom stereocenters. The van der Waals surface area contributed by atoms with Gasteiger partial charge in [-0.3, -0.25) is 0 Å². The van der Waals surface area contributed by atoms with Gasteiger partial charge in [0.2, 0.25) is 5.88 Å². The molecule has 2 aromatic rings. The van der Waals surface area contributed by atoms with Crippen LogP contribution in [-0.2, 0) is 0 Å². The monoisotopic (exact) mass is 279 g/mol. The van der Waals surface area contributed by atoms with Crippen molar-refractivity contribution in [1.29, 1.82) is 0 Å². The molecule has 0 amide bonds. The minimum Gasteiger partial charge on any atom is -0.476 e. The fraction of sp³-hybridized carbons (Fsp3) is 0.182. The van der Waals surface area contributed by atoms with E-state index in [1.165, 1.54) is 6.33 Å². The van der Waals surface area contributed by atoms with Gasteiger partial charge in [-0.05, 0) is 19.1 Å². The summed E-state index contributed by atoms with van der Waals surface area (Å²) in [4.78, 5) is 4.06. The lowest BCUT2D eigenvalue weighted by Crippen LogP contribution is -2.00. The standard InChI is InChI=1S/C11H10BrN3O/c1-2-16-11-10(15-14-7-13-11)8-3-5-9(12)6-4-8/h3-7H,2H2,1H3. The number of rotatable bonds is 3. The smallest absolute Gasteiger partial charge is 0.244 e. The van der Waals surface area contributed by atoms with E-state index in [9.17, 15) is 0 Å². The lowest BCUT2D eigenvalue weighted by atomic mass is 10.2. The van der Waals surface area contributed by atoms with Crippen molar-refractivity contribution in [3.63, 3.8) is 0 Å². The average molecular weight is 280 g/mol. The Bertz CT molecular complexity index is 473. The number of aromatic nitrogens is 3. The highest BCUT2D eigenvalue weighted by atomic mass is 79.9. The van der Waals surface area contributed by atoms with Crippen molar-refractivity contribution in [2.45, 2.75) is 6.92 Å². The first-order chi connectivity index (χ1) is 7.81. The van der Waals surface area contributed by atoms with Crippen LogP contribution in [0.5, 0.6) is 5.88 Å². The molecule has 1 heterocycles. The van der Waals surface area contributed by atoms with E-state index in [4.69, 9.17) is 4.74 Å². The van der Waals surface area contributed by atoms with E-state index in [2.05, 4.69) is 31.1 Å². The van der Waals surface area contributed by atoms with Crippen molar-refractivity contribution in [2.75, 3.05) is 6.61 Å². The van der Waals surface area contributed by atoms with E-state index in [0.717, 1.165) is 10.0 Å². The molecule has 0 spiro atoms. The molecular formula is C11H10BrN3O. The van der Waals surface area contributed by atoms with Gasteiger partial charge in [-0.25, -0.2) is 0 Å². The van der Waals surface area contributed by atoms with Gasteiger partial charge < -0.3 is 4.74 Å². The molecule has 0 radical (unpaired) electrons. The summed E-state index contributed by atoms with van der Waals surface area (Å²) in [6.45, 7) is 2.47. The zero-order valence-electron chi connectivity index (χ0n) is 8.72. The Labute approximate surface area is 102 Å². The molecule has 4 nitrogen and oxygen atoms in total. The number of benzene rings is 1. The first-order valence-corrected chi connectivity index (χ1v) is 5.67. The number of hydrogen-bond acceptors (Lipinski definition) is 4. The van der Waals surface area contributed by atoms with Crippen molar-refractivity contribution in [2.24, 2.45) is 0 Å². The van der Waals surface area contributed by atoms with E-state index in [0.29, 0.717) is 18.2 Å². The maximum atomic E-state index is 5.40. The third-order valence-corrected chi connectivity index (χ3v) is 2.51. The number of nitrogens with zero attached hydrogens (tertiary/aromatic N) is 3. The van der Waals surface area contributed by atoms with Gasteiger partial charge in [-0.1, -0.05) is 28.1 Å². The first-order valence-electron chi connectivity index (χ1n) is 4.87. The number of hydrogen-bond donors (Lipinski definition) is 0. The molecule has 82 valence electrons. The van der Waals surface area contributed by atoms with Crippen LogP contribution >= 0.6 is 15.9 Å². The predicted molar refractivity (Wildman–Crippen MR) is 64.1 cm³/mol. The molecule has 0 N–H and O–H groups in total. The summed E-state index contributed by atoms with van der Waals surface area (Å²) in [5.74, 6) is 0.514. The van der Waals surface area contributed by atoms with Gasteiger partial charge in [-0.2, -0.15) is 4.98 Å². The third-order valence-electron chi connectivity index (χ3n) is 1.99. The molecule has 5 heteroatoms. The minimum atomic E-state index is 0.514. The molecule has 0 aliphatic carbocycles. The van der Waals surface area contributed by atoms with E-state index in [1.807, 2.05) is 31.2 Å². The Morgan fingerprint density at radius 1 is 1.25 bits per heavy atom. The lowest BCUT2D eigenvalue weighted by Gasteiger charge is -2.06. The van der Waals surface area contributed by atoms with Gasteiger partial charge in [0.15, 0.2) is 5.69 Å². The molecule has 16 heavy (non-hydrogen) atoms. The van der Waals surface area contributed by atoms with Crippen molar-refractivity contribution >= 4 is 15.9 Å². The predicted octanol–water partition coefficient (Wildman–Crippen LogP) is 2.70. The fourth-order valence-electron chi connectivity index (χ4n) is 1.30. The van der Waals surface area contributed by atoms with E-state index >= 15 is 0 Å². The molecule has 0 bridgehead atoms. The van der Waals surface area contributed by atoms with Gasteiger partial charge in [0.05, 0.1) is 6.61 Å². The SMILES string of the molecule is CCOc1ncnnc1-c1ccc(Br)cc1. The minimum absolute atomic E-state index is 0.514. The normalized spacial score (nSPS) is 10.1. The Kier molecular flexibility index (Phi) is 3.46. The molecule has 1 aromatic heterocycles. The van der Waals surface area contributed by atoms with E-state index < -0.39 is 0 Å². The summed E-state index contributed by atoms with van der Waals surface area (Å²) >= 11 is 3.38. The highest BCUT2D eigenvalue weighted by Crippen LogP contribution is 2.25. The van der Waals surface area contributed by atoms with E-state index in [-0.39, 0.29) is 0 Å². The van der Waals surface area contributed by atoms with Gasteiger partial charge in [0.25, 0.3) is 0 Å². The van der Waals surface area contributed by atoms with Crippen molar-refractivity contribution in [1.82, 2.24) is 15.2 Å². The summed E-state index contributed by atoms with van der Waals surface area (Å²) in [6, 6.07) is 7.77. The van der Waals surface area contributed by atoms with Crippen LogP contribution in [0, 0.1) is 0 Å². The van der Waals surface area contributed by atoms with Gasteiger partial charge in [-0.15, -0.1) is 10.2 Å². The zero-order chi connectivity index (χ0) is 11.4. The maximum Gasteiger partial charge on any atom is 0.244 e. The van der Waals surface area contributed by atoms with Crippen molar-refractivity contribution in [3.8, 4) is 17.1 Å². The van der Waals surface area contributed by atoms with Crippen LogP contribution in [0.2, 0.25) is 0 Å². The topological polar surface area (TPSA) is 47.9 Å². The Balaban J connectivity index is 2.42. The fourth-order valence-corrected chi connectivity index (χ4v) is 1.56. The number of halogens is 1. The van der Waals surface area contributed by atoms with Crippen molar-refractivity contribution < 1.29 is 4.74 Å². The van der Waals surface area contributed by atoms with Gasteiger partial charge in [0, 0.05) is 10.0 Å².